The van der Waals surface area contributed by atoms with Crippen molar-refractivity contribution in [2.24, 2.45) is 0 Å². The Balaban J connectivity index is 2.70. The van der Waals surface area contributed by atoms with E-state index in [9.17, 15) is 0 Å². The first-order valence-electron chi connectivity index (χ1n) is 6.77. The van der Waals surface area contributed by atoms with Gasteiger partial charge in [0.15, 0.2) is 0 Å². The molecule has 0 atom stereocenters. The van der Waals surface area contributed by atoms with Gasteiger partial charge in [0.1, 0.15) is 5.75 Å². The predicted octanol–water partition coefficient (Wildman–Crippen LogP) is 3.28. The molecule has 0 radical (unpaired) electrons. The highest BCUT2D eigenvalue weighted by Crippen LogP contribution is 2.24. The Morgan fingerprint density at radius 1 is 1.26 bits per heavy atom. The van der Waals surface area contributed by atoms with E-state index >= 15 is 0 Å². The summed E-state index contributed by atoms with van der Waals surface area (Å²) < 4.78 is 11.3. The molecular weight excluding hydrogens is 240 g/mol. The van der Waals surface area contributed by atoms with Crippen molar-refractivity contribution in [2.75, 3.05) is 24.2 Å². The molecule has 1 rings (SSSR count). The highest BCUT2D eigenvalue weighted by Gasteiger charge is 2.17. The van der Waals surface area contributed by atoms with Crippen LogP contribution in [-0.2, 0) is 4.74 Å². The van der Waals surface area contributed by atoms with E-state index in [1.807, 2.05) is 39.0 Å². The zero-order valence-electron chi connectivity index (χ0n) is 12.6. The van der Waals surface area contributed by atoms with Crippen molar-refractivity contribution < 1.29 is 9.47 Å². The first kappa shape index (κ1) is 15.6. The molecule has 4 nitrogen and oxygen atoms in total. The number of nitrogens with one attached hydrogen (secondary N) is 1. The van der Waals surface area contributed by atoms with Crippen LogP contribution in [0.3, 0.4) is 0 Å². The fourth-order valence-corrected chi connectivity index (χ4v) is 1.82. The van der Waals surface area contributed by atoms with Crippen molar-refractivity contribution in [3.8, 4) is 5.75 Å². The van der Waals surface area contributed by atoms with Crippen LogP contribution < -0.4 is 15.8 Å². The summed E-state index contributed by atoms with van der Waals surface area (Å²) in [6.45, 7) is 11.5. The van der Waals surface area contributed by atoms with Gasteiger partial charge in [0.05, 0.1) is 11.7 Å². The SMILES string of the molecule is CCOC(C)(C)CNc1cc(N)cc(OC(C)C)c1. The molecule has 1 aromatic rings. The van der Waals surface area contributed by atoms with E-state index in [1.54, 1.807) is 0 Å². The van der Waals surface area contributed by atoms with E-state index in [0.29, 0.717) is 18.8 Å². The van der Waals surface area contributed by atoms with Crippen molar-refractivity contribution in [3.05, 3.63) is 18.2 Å². The molecule has 0 spiro atoms. The van der Waals surface area contributed by atoms with Crippen LogP contribution in [0, 0.1) is 0 Å². The average Bonchev–Trinajstić information content (AvgIpc) is 2.24. The molecule has 0 heterocycles. The van der Waals surface area contributed by atoms with Crippen molar-refractivity contribution >= 4 is 11.4 Å². The van der Waals surface area contributed by atoms with Crippen molar-refractivity contribution in [3.63, 3.8) is 0 Å². The van der Waals surface area contributed by atoms with Crippen LogP contribution in [0.1, 0.15) is 34.6 Å². The summed E-state index contributed by atoms with van der Waals surface area (Å²) in [5.74, 6) is 0.784. The summed E-state index contributed by atoms with van der Waals surface area (Å²) in [7, 11) is 0. The average molecular weight is 266 g/mol. The molecule has 0 saturated heterocycles. The third-order valence-electron chi connectivity index (χ3n) is 2.55. The largest absolute Gasteiger partial charge is 0.491 e. The minimum atomic E-state index is -0.210. The third-order valence-corrected chi connectivity index (χ3v) is 2.55. The molecule has 1 aromatic carbocycles. The molecule has 4 heteroatoms. The second kappa shape index (κ2) is 6.66. The molecule has 0 bridgehead atoms. The van der Waals surface area contributed by atoms with Crippen LogP contribution in [0.2, 0.25) is 0 Å². The standard InChI is InChI=1S/C15H26N2O2/c1-6-18-15(4,5)10-17-13-7-12(16)8-14(9-13)19-11(2)3/h7-9,11,17H,6,10,16H2,1-5H3. The number of ether oxygens (including phenoxy) is 2. The summed E-state index contributed by atoms with van der Waals surface area (Å²) in [5.41, 5.74) is 7.31. The molecule has 0 saturated carbocycles. The lowest BCUT2D eigenvalue weighted by Gasteiger charge is -2.25. The minimum absolute atomic E-state index is 0.134. The molecule has 0 unspecified atom stereocenters. The smallest absolute Gasteiger partial charge is 0.123 e. The summed E-state index contributed by atoms with van der Waals surface area (Å²) in [6, 6.07) is 5.69. The Kier molecular flexibility index (Phi) is 5.48. The quantitative estimate of drug-likeness (QED) is 0.744. The monoisotopic (exact) mass is 266 g/mol. The van der Waals surface area contributed by atoms with Gasteiger partial charge in [-0.2, -0.15) is 0 Å². The Labute approximate surface area is 116 Å². The summed E-state index contributed by atoms with van der Waals surface area (Å²) in [4.78, 5) is 0. The second-order valence-corrected chi connectivity index (χ2v) is 5.50. The number of rotatable bonds is 7. The Morgan fingerprint density at radius 3 is 2.53 bits per heavy atom. The maximum atomic E-state index is 5.88. The first-order chi connectivity index (χ1) is 8.82. The summed E-state index contributed by atoms with van der Waals surface area (Å²) >= 11 is 0. The van der Waals surface area contributed by atoms with Crippen LogP contribution in [0.5, 0.6) is 5.75 Å². The van der Waals surface area contributed by atoms with Crippen molar-refractivity contribution in [1.82, 2.24) is 0 Å². The number of nitrogens with two attached hydrogens (primary N) is 1. The van der Waals surface area contributed by atoms with Gasteiger partial charge in [-0.05, 0) is 40.7 Å². The fraction of sp³-hybridized carbons (Fsp3) is 0.600. The van der Waals surface area contributed by atoms with Crippen LogP contribution in [0.15, 0.2) is 18.2 Å². The van der Waals surface area contributed by atoms with Gasteiger partial charge < -0.3 is 20.5 Å². The predicted molar refractivity (Wildman–Crippen MR) is 80.8 cm³/mol. The number of nitrogen functional groups attached to an aromatic ring is 1. The van der Waals surface area contributed by atoms with Gasteiger partial charge in [0.25, 0.3) is 0 Å². The summed E-state index contributed by atoms with van der Waals surface area (Å²) in [5, 5.41) is 3.34. The van der Waals surface area contributed by atoms with Gasteiger partial charge in [-0.3, -0.25) is 0 Å². The molecule has 0 amide bonds. The van der Waals surface area contributed by atoms with Crippen molar-refractivity contribution in [2.45, 2.75) is 46.3 Å². The van der Waals surface area contributed by atoms with Gasteiger partial charge >= 0.3 is 0 Å². The van der Waals surface area contributed by atoms with Crippen LogP contribution >= 0.6 is 0 Å². The molecular formula is C15H26N2O2. The van der Waals surface area contributed by atoms with E-state index in [2.05, 4.69) is 19.2 Å². The lowest BCUT2D eigenvalue weighted by molar-refractivity contribution is 0.000692. The molecule has 108 valence electrons. The lowest BCUT2D eigenvalue weighted by atomic mass is 10.1. The van der Waals surface area contributed by atoms with Gasteiger partial charge in [-0.15, -0.1) is 0 Å². The molecule has 0 fully saturated rings. The van der Waals surface area contributed by atoms with E-state index < -0.39 is 0 Å². The minimum Gasteiger partial charge on any atom is -0.491 e. The number of anilines is 2. The van der Waals surface area contributed by atoms with Crippen LogP contribution in [0.25, 0.3) is 0 Å². The highest BCUT2D eigenvalue weighted by atomic mass is 16.5. The third kappa shape index (κ3) is 5.83. The molecule has 3 N–H and O–H groups in total. The van der Waals surface area contributed by atoms with E-state index in [0.717, 1.165) is 11.4 Å². The van der Waals surface area contributed by atoms with Gasteiger partial charge in [0.2, 0.25) is 0 Å². The molecule has 0 aromatic heterocycles. The van der Waals surface area contributed by atoms with Gasteiger partial charge in [-0.25, -0.2) is 0 Å². The summed E-state index contributed by atoms with van der Waals surface area (Å²) in [6.07, 6.45) is 0.134. The van der Waals surface area contributed by atoms with E-state index in [-0.39, 0.29) is 11.7 Å². The van der Waals surface area contributed by atoms with E-state index in [4.69, 9.17) is 15.2 Å². The van der Waals surface area contributed by atoms with Gasteiger partial charge in [-0.1, -0.05) is 0 Å². The van der Waals surface area contributed by atoms with Crippen molar-refractivity contribution in [1.29, 1.82) is 0 Å². The fourth-order valence-electron chi connectivity index (χ4n) is 1.82. The number of benzene rings is 1. The van der Waals surface area contributed by atoms with Crippen LogP contribution in [0.4, 0.5) is 11.4 Å². The maximum Gasteiger partial charge on any atom is 0.123 e. The van der Waals surface area contributed by atoms with E-state index in [1.165, 1.54) is 0 Å². The molecule has 0 aliphatic rings. The first-order valence-corrected chi connectivity index (χ1v) is 6.77. The highest BCUT2D eigenvalue weighted by molar-refractivity contribution is 5.59. The Hall–Kier alpha value is -1.42. The normalized spacial score (nSPS) is 11.7. The molecule has 19 heavy (non-hydrogen) atoms. The zero-order chi connectivity index (χ0) is 14.5. The number of hydrogen-bond donors (Lipinski definition) is 2. The molecule has 0 aliphatic carbocycles. The maximum absolute atomic E-state index is 5.88. The second-order valence-electron chi connectivity index (χ2n) is 5.50. The van der Waals surface area contributed by atoms with Gasteiger partial charge in [0, 0.05) is 36.7 Å². The zero-order valence-corrected chi connectivity index (χ0v) is 12.6. The Morgan fingerprint density at radius 2 is 1.95 bits per heavy atom. The molecule has 0 aliphatic heterocycles. The Bertz CT molecular complexity index is 403. The topological polar surface area (TPSA) is 56.5 Å². The van der Waals surface area contributed by atoms with Crippen LogP contribution in [-0.4, -0.2) is 24.9 Å². The number of hydrogen-bond acceptors (Lipinski definition) is 4. The lowest BCUT2D eigenvalue weighted by Crippen LogP contribution is -2.33.